The van der Waals surface area contributed by atoms with Crippen molar-refractivity contribution in [2.45, 2.75) is 26.3 Å². The average Bonchev–Trinajstić information content (AvgIpc) is 3.17. The Labute approximate surface area is 178 Å². The summed E-state index contributed by atoms with van der Waals surface area (Å²) in [7, 11) is 0. The minimum absolute atomic E-state index is 0.127. The van der Waals surface area contributed by atoms with E-state index in [4.69, 9.17) is 10.5 Å². The minimum Gasteiger partial charge on any atom is -0.464 e. The fraction of sp³-hybridized carbons (Fsp3) is 0.588. The lowest BCUT2D eigenvalue weighted by atomic mass is 10.0. The second-order valence-corrected chi connectivity index (χ2v) is 8.01. The zero-order valence-corrected chi connectivity index (χ0v) is 18.4. The molecule has 12 heteroatoms. The number of ether oxygens (including phenoxy) is 1. The molecule has 1 atom stereocenters. The molecular weight excluding hydrogens is 418 g/mol. The predicted octanol–water partition coefficient (Wildman–Crippen LogP) is 0.628. The normalized spacial score (nSPS) is 13.1. The zero-order valence-electron chi connectivity index (χ0n) is 16.8. The molecule has 0 fully saturated rings. The van der Waals surface area contributed by atoms with E-state index in [9.17, 15) is 14.4 Å². The standard InChI is InChI=1S/C17H27N5O5S2/c1-13(23)26-9-8-22(16-20-7-11-29-16)17(3,15(18)25)12-28-10-6-19-4-5-21-27-14(2)24/h4,7,11,21H,5-6,8-10,12H2,1-3H3,(H2,18,25)/t17-/m0/s1. The predicted molar refractivity (Wildman–Crippen MR) is 114 cm³/mol. The van der Waals surface area contributed by atoms with Crippen LogP contribution in [0.5, 0.6) is 0 Å². The fourth-order valence-electron chi connectivity index (χ4n) is 2.19. The van der Waals surface area contributed by atoms with Gasteiger partial charge in [0.1, 0.15) is 12.1 Å². The molecule has 0 spiro atoms. The lowest BCUT2D eigenvalue weighted by Crippen LogP contribution is -2.58. The van der Waals surface area contributed by atoms with Crippen molar-refractivity contribution in [2.75, 3.05) is 42.6 Å². The number of aromatic nitrogens is 1. The fourth-order valence-corrected chi connectivity index (χ4v) is 4.05. The molecule has 29 heavy (non-hydrogen) atoms. The highest BCUT2D eigenvalue weighted by atomic mass is 32.2. The molecule has 1 amide bonds. The highest BCUT2D eigenvalue weighted by Gasteiger charge is 2.39. The van der Waals surface area contributed by atoms with E-state index < -0.39 is 17.4 Å². The van der Waals surface area contributed by atoms with Gasteiger partial charge in [0, 0.05) is 49.7 Å². The van der Waals surface area contributed by atoms with Crippen molar-refractivity contribution in [3.8, 4) is 0 Å². The number of rotatable bonds is 14. The number of anilines is 1. The molecule has 0 aliphatic carbocycles. The second kappa shape index (κ2) is 13.1. The Balaban J connectivity index is 2.60. The first-order valence-corrected chi connectivity index (χ1v) is 10.9. The summed E-state index contributed by atoms with van der Waals surface area (Å²) in [4.78, 5) is 48.8. The van der Waals surface area contributed by atoms with Gasteiger partial charge in [-0.15, -0.1) is 16.8 Å². The molecule has 162 valence electrons. The first-order valence-electron chi connectivity index (χ1n) is 8.84. The van der Waals surface area contributed by atoms with E-state index in [0.717, 1.165) is 0 Å². The number of thiazole rings is 1. The van der Waals surface area contributed by atoms with E-state index in [-0.39, 0.29) is 12.6 Å². The van der Waals surface area contributed by atoms with Gasteiger partial charge in [-0.05, 0) is 6.92 Å². The van der Waals surface area contributed by atoms with Crippen LogP contribution in [0.25, 0.3) is 0 Å². The van der Waals surface area contributed by atoms with Gasteiger partial charge in [-0.2, -0.15) is 11.8 Å². The lowest BCUT2D eigenvalue weighted by Gasteiger charge is -2.38. The molecule has 1 rings (SSSR count). The monoisotopic (exact) mass is 445 g/mol. The van der Waals surface area contributed by atoms with Crippen molar-refractivity contribution < 1.29 is 24.0 Å². The van der Waals surface area contributed by atoms with Crippen molar-refractivity contribution in [1.82, 2.24) is 10.5 Å². The second-order valence-electron chi connectivity index (χ2n) is 6.03. The molecule has 0 bridgehead atoms. The SMILES string of the molecule is CC(=O)OCCN(c1nccs1)[C@@](C)(CSCCN=CCNOC(C)=O)C(N)=O. The first-order chi connectivity index (χ1) is 13.8. The van der Waals surface area contributed by atoms with Crippen LogP contribution >= 0.6 is 23.1 Å². The Hall–Kier alpha value is -2.18. The molecule has 0 aliphatic heterocycles. The average molecular weight is 446 g/mol. The van der Waals surface area contributed by atoms with E-state index in [0.29, 0.717) is 36.3 Å². The maximum absolute atomic E-state index is 12.3. The topological polar surface area (TPSA) is 136 Å². The van der Waals surface area contributed by atoms with Crippen LogP contribution in [0, 0.1) is 0 Å². The van der Waals surface area contributed by atoms with Gasteiger partial charge in [0.15, 0.2) is 5.13 Å². The summed E-state index contributed by atoms with van der Waals surface area (Å²) >= 11 is 2.91. The maximum atomic E-state index is 12.3. The molecule has 1 heterocycles. The number of thioether (sulfide) groups is 1. The Kier molecular flexibility index (Phi) is 11.2. The smallest absolute Gasteiger partial charge is 0.321 e. The number of esters is 1. The molecular formula is C17H27N5O5S2. The number of hydrogen-bond acceptors (Lipinski definition) is 11. The van der Waals surface area contributed by atoms with Gasteiger partial charge in [0.25, 0.3) is 0 Å². The third-order valence-electron chi connectivity index (χ3n) is 3.66. The third-order valence-corrected chi connectivity index (χ3v) is 5.70. The van der Waals surface area contributed by atoms with Crippen molar-refractivity contribution in [1.29, 1.82) is 0 Å². The number of hydroxylamine groups is 1. The van der Waals surface area contributed by atoms with Crippen LogP contribution in [0.1, 0.15) is 20.8 Å². The largest absolute Gasteiger partial charge is 0.464 e. The molecule has 0 aromatic carbocycles. The Morgan fingerprint density at radius 2 is 2.17 bits per heavy atom. The number of carbonyl (C=O) groups is 3. The van der Waals surface area contributed by atoms with Gasteiger partial charge >= 0.3 is 11.9 Å². The van der Waals surface area contributed by atoms with Crippen molar-refractivity contribution in [3.05, 3.63) is 11.6 Å². The zero-order chi connectivity index (χ0) is 21.7. The lowest BCUT2D eigenvalue weighted by molar-refractivity contribution is -0.147. The number of amides is 1. The van der Waals surface area contributed by atoms with Crippen LogP contribution in [0.15, 0.2) is 16.6 Å². The molecule has 10 nitrogen and oxygen atoms in total. The molecule has 0 saturated carbocycles. The minimum atomic E-state index is -1.01. The molecule has 0 radical (unpaired) electrons. The molecule has 3 N–H and O–H groups in total. The molecule has 0 unspecified atom stereocenters. The Morgan fingerprint density at radius 3 is 2.76 bits per heavy atom. The van der Waals surface area contributed by atoms with Crippen molar-refractivity contribution in [2.24, 2.45) is 10.7 Å². The summed E-state index contributed by atoms with van der Waals surface area (Å²) in [5.74, 6) is -0.207. The van der Waals surface area contributed by atoms with Crippen LogP contribution < -0.4 is 16.1 Å². The van der Waals surface area contributed by atoms with E-state index >= 15 is 0 Å². The van der Waals surface area contributed by atoms with Crippen LogP contribution in [0.3, 0.4) is 0 Å². The molecule has 1 aromatic rings. The summed E-state index contributed by atoms with van der Waals surface area (Å²) in [6.45, 7) is 5.67. The number of aliphatic imine (C=N–C) groups is 1. The van der Waals surface area contributed by atoms with E-state index in [1.165, 1.54) is 36.9 Å². The number of nitrogens with one attached hydrogen (secondary N) is 1. The van der Waals surface area contributed by atoms with Gasteiger partial charge in [0.2, 0.25) is 5.91 Å². The maximum Gasteiger partial charge on any atom is 0.321 e. The number of nitrogens with zero attached hydrogens (tertiary/aromatic N) is 3. The van der Waals surface area contributed by atoms with Gasteiger partial charge in [-0.1, -0.05) is 0 Å². The summed E-state index contributed by atoms with van der Waals surface area (Å²) in [6.07, 6.45) is 3.25. The summed E-state index contributed by atoms with van der Waals surface area (Å²) < 4.78 is 5.03. The highest BCUT2D eigenvalue weighted by Crippen LogP contribution is 2.29. The third kappa shape index (κ3) is 9.24. The summed E-state index contributed by atoms with van der Waals surface area (Å²) in [5.41, 5.74) is 7.17. The van der Waals surface area contributed by atoms with Gasteiger partial charge in [0.05, 0.1) is 13.1 Å². The van der Waals surface area contributed by atoms with Gasteiger partial charge in [-0.25, -0.2) is 4.98 Å². The summed E-state index contributed by atoms with van der Waals surface area (Å²) in [6, 6.07) is 0. The van der Waals surface area contributed by atoms with Gasteiger partial charge < -0.3 is 20.2 Å². The number of primary amides is 1. The van der Waals surface area contributed by atoms with E-state index in [2.05, 4.69) is 20.3 Å². The van der Waals surface area contributed by atoms with Crippen LogP contribution in [0.2, 0.25) is 0 Å². The van der Waals surface area contributed by atoms with Crippen LogP contribution in [0.4, 0.5) is 5.13 Å². The van der Waals surface area contributed by atoms with Gasteiger partial charge in [-0.3, -0.25) is 19.4 Å². The van der Waals surface area contributed by atoms with Crippen LogP contribution in [-0.2, 0) is 24.0 Å². The van der Waals surface area contributed by atoms with E-state index in [1.54, 1.807) is 29.6 Å². The quantitative estimate of drug-likeness (QED) is 0.183. The Morgan fingerprint density at radius 1 is 1.41 bits per heavy atom. The number of nitrogens with two attached hydrogens (primary N) is 1. The molecule has 0 saturated heterocycles. The number of hydrogen-bond donors (Lipinski definition) is 2. The molecule has 0 aliphatic rings. The Bertz CT molecular complexity index is 686. The highest BCUT2D eigenvalue weighted by molar-refractivity contribution is 7.99. The number of carbonyl (C=O) groups excluding carboxylic acids is 3. The van der Waals surface area contributed by atoms with Crippen molar-refractivity contribution >= 4 is 52.3 Å². The van der Waals surface area contributed by atoms with E-state index in [1.807, 2.05) is 0 Å². The summed E-state index contributed by atoms with van der Waals surface area (Å²) in [5, 5.41) is 2.44. The van der Waals surface area contributed by atoms with Crippen LogP contribution in [-0.4, -0.2) is 72.3 Å². The van der Waals surface area contributed by atoms with Crippen molar-refractivity contribution in [3.63, 3.8) is 0 Å². The molecule has 1 aromatic heterocycles. The first kappa shape index (κ1) is 24.9.